The first-order valence-electron chi connectivity index (χ1n) is 10.1. The van der Waals surface area contributed by atoms with Gasteiger partial charge in [0.2, 0.25) is 0 Å². The van der Waals surface area contributed by atoms with Crippen LogP contribution in [0, 0.1) is 6.92 Å². The minimum atomic E-state index is -4.15. The minimum absolute atomic E-state index is 0.0482. The fraction of sp³-hybridized carbons (Fsp3) is 0.238. The number of urea groups is 1. The molecule has 35 heavy (non-hydrogen) atoms. The van der Waals surface area contributed by atoms with Crippen molar-refractivity contribution in [3.63, 3.8) is 0 Å². The summed E-state index contributed by atoms with van der Waals surface area (Å²) < 4.78 is 49.0. The van der Waals surface area contributed by atoms with Gasteiger partial charge in [0, 0.05) is 21.2 Å². The molecule has 1 aromatic carbocycles. The fourth-order valence-electron chi connectivity index (χ4n) is 3.39. The number of aromatic nitrogens is 2. The zero-order chi connectivity index (χ0) is 25.3. The van der Waals surface area contributed by atoms with Crippen LogP contribution in [0.4, 0.5) is 9.18 Å². The van der Waals surface area contributed by atoms with Crippen LogP contribution in [0.25, 0.3) is 5.57 Å². The Morgan fingerprint density at radius 2 is 2.03 bits per heavy atom. The first-order chi connectivity index (χ1) is 16.5. The third-order valence-corrected chi connectivity index (χ3v) is 9.05. The third kappa shape index (κ3) is 5.82. The molecule has 3 heterocycles. The standard InChI is InChI=1S/C21H18Cl3FN4O4S2/c1-11-4-18(34-20(11)24)35(31,32)28-21(30)26-7-17(25)15-10-33-9-13-6-27-29(19(13)15)8-12-2-3-14(22)5-16(12)23/h2-6H,7-10H2,1H3,(H2,26,28,30). The van der Waals surface area contributed by atoms with Crippen LogP contribution in [0.5, 0.6) is 0 Å². The quantitative estimate of drug-likeness (QED) is 0.420. The number of hydrogen-bond donors (Lipinski definition) is 2. The molecule has 0 aliphatic carbocycles. The molecular formula is C21H18Cl3FN4O4S2. The van der Waals surface area contributed by atoms with Crippen molar-refractivity contribution in [1.82, 2.24) is 19.8 Å². The van der Waals surface area contributed by atoms with E-state index < -0.39 is 28.4 Å². The van der Waals surface area contributed by atoms with E-state index in [4.69, 9.17) is 39.5 Å². The lowest BCUT2D eigenvalue weighted by atomic mass is 10.1. The van der Waals surface area contributed by atoms with Crippen LogP contribution < -0.4 is 10.0 Å². The lowest BCUT2D eigenvalue weighted by Crippen LogP contribution is -2.39. The van der Waals surface area contributed by atoms with Gasteiger partial charge in [-0.15, -0.1) is 11.3 Å². The number of aryl methyl sites for hydroxylation is 1. The molecule has 0 spiro atoms. The highest BCUT2D eigenvalue weighted by Gasteiger charge is 2.25. The molecule has 0 saturated carbocycles. The van der Waals surface area contributed by atoms with Gasteiger partial charge in [-0.25, -0.2) is 22.3 Å². The van der Waals surface area contributed by atoms with Crippen LogP contribution in [0.1, 0.15) is 22.4 Å². The molecule has 0 radical (unpaired) electrons. The molecule has 2 amide bonds. The molecule has 186 valence electrons. The molecule has 0 atom stereocenters. The molecule has 1 aliphatic heterocycles. The number of hydrogen-bond acceptors (Lipinski definition) is 6. The zero-order valence-corrected chi connectivity index (χ0v) is 22.0. The molecular weight excluding hydrogens is 562 g/mol. The minimum Gasteiger partial charge on any atom is -0.372 e. The van der Waals surface area contributed by atoms with Crippen LogP contribution in [-0.4, -0.2) is 37.4 Å². The number of benzene rings is 1. The number of thiophene rings is 1. The first-order valence-corrected chi connectivity index (χ1v) is 13.5. The average molecular weight is 580 g/mol. The molecule has 8 nitrogen and oxygen atoms in total. The van der Waals surface area contributed by atoms with E-state index in [2.05, 4.69) is 10.4 Å². The number of carbonyl (C=O) groups excluding carboxylic acids is 1. The van der Waals surface area contributed by atoms with Crippen molar-refractivity contribution in [2.75, 3.05) is 13.2 Å². The van der Waals surface area contributed by atoms with Crippen molar-refractivity contribution >= 4 is 67.8 Å². The van der Waals surface area contributed by atoms with E-state index >= 15 is 4.39 Å². The van der Waals surface area contributed by atoms with Crippen LogP contribution in [-0.2, 0) is 27.9 Å². The Labute approximate surface area is 219 Å². The van der Waals surface area contributed by atoms with E-state index in [0.29, 0.717) is 31.2 Å². The fourth-order valence-corrected chi connectivity index (χ4v) is 6.49. The molecule has 14 heteroatoms. The lowest BCUT2D eigenvalue weighted by Gasteiger charge is -2.20. The van der Waals surface area contributed by atoms with E-state index in [1.54, 1.807) is 36.0 Å². The summed E-state index contributed by atoms with van der Waals surface area (Å²) in [7, 11) is -4.15. The van der Waals surface area contributed by atoms with Crippen LogP contribution in [0.3, 0.4) is 0 Å². The van der Waals surface area contributed by atoms with Crippen LogP contribution in [0.2, 0.25) is 14.4 Å². The summed E-state index contributed by atoms with van der Waals surface area (Å²) in [5, 5.41) is 7.49. The normalized spacial score (nSPS) is 15.0. The smallest absolute Gasteiger partial charge is 0.329 e. The largest absolute Gasteiger partial charge is 0.372 e. The van der Waals surface area contributed by atoms with Crippen LogP contribution >= 0.6 is 46.1 Å². The molecule has 4 rings (SSSR count). The van der Waals surface area contributed by atoms with E-state index in [0.717, 1.165) is 16.9 Å². The lowest BCUT2D eigenvalue weighted by molar-refractivity contribution is 0.144. The molecule has 1 aliphatic rings. The maximum absolute atomic E-state index is 15.2. The molecule has 2 N–H and O–H groups in total. The molecule has 0 fully saturated rings. The number of sulfonamides is 1. The summed E-state index contributed by atoms with van der Waals surface area (Å²) in [6.07, 6.45) is 1.58. The van der Waals surface area contributed by atoms with E-state index in [1.165, 1.54) is 6.07 Å². The Kier molecular flexibility index (Phi) is 7.74. The van der Waals surface area contributed by atoms with Gasteiger partial charge in [-0.3, -0.25) is 4.68 Å². The number of nitrogens with zero attached hydrogens (tertiary/aromatic N) is 2. The molecule has 3 aromatic rings. The number of rotatable bonds is 6. The van der Waals surface area contributed by atoms with Gasteiger partial charge in [-0.05, 0) is 36.2 Å². The van der Waals surface area contributed by atoms with Crippen molar-refractivity contribution in [3.8, 4) is 0 Å². The van der Waals surface area contributed by atoms with E-state index in [9.17, 15) is 13.2 Å². The van der Waals surface area contributed by atoms with Gasteiger partial charge in [-0.2, -0.15) is 5.10 Å². The first kappa shape index (κ1) is 25.9. The number of ether oxygens (including phenoxy) is 1. The van der Waals surface area contributed by atoms with Crippen LogP contribution in [0.15, 0.2) is 40.5 Å². The van der Waals surface area contributed by atoms with Crippen molar-refractivity contribution in [2.45, 2.75) is 24.3 Å². The number of amides is 2. The highest BCUT2D eigenvalue weighted by atomic mass is 35.5. The number of nitrogens with one attached hydrogen (secondary N) is 2. The Morgan fingerprint density at radius 3 is 2.71 bits per heavy atom. The number of fused-ring (bicyclic) bond motifs is 1. The van der Waals surface area contributed by atoms with Gasteiger partial charge >= 0.3 is 6.03 Å². The van der Waals surface area contributed by atoms with Gasteiger partial charge in [0.1, 0.15) is 10.0 Å². The van der Waals surface area contributed by atoms with Crippen molar-refractivity contribution < 1.29 is 22.3 Å². The molecule has 0 unspecified atom stereocenters. The Hall–Kier alpha value is -2.15. The van der Waals surface area contributed by atoms with E-state index in [1.807, 2.05) is 4.72 Å². The average Bonchev–Trinajstić information content (AvgIpc) is 3.37. The maximum Gasteiger partial charge on any atom is 0.329 e. The van der Waals surface area contributed by atoms with Gasteiger partial charge < -0.3 is 10.1 Å². The summed E-state index contributed by atoms with van der Waals surface area (Å²) >= 11 is 19.0. The summed E-state index contributed by atoms with van der Waals surface area (Å²) in [5.41, 5.74) is 2.68. The van der Waals surface area contributed by atoms with Gasteiger partial charge in [0.05, 0.1) is 42.5 Å². The van der Waals surface area contributed by atoms with Gasteiger partial charge in [0.25, 0.3) is 10.0 Å². The van der Waals surface area contributed by atoms with Crippen molar-refractivity contribution in [2.24, 2.45) is 0 Å². The number of halogens is 4. The highest BCUT2D eigenvalue weighted by molar-refractivity contribution is 7.92. The summed E-state index contributed by atoms with van der Waals surface area (Å²) in [4.78, 5) is 12.2. The summed E-state index contributed by atoms with van der Waals surface area (Å²) in [6, 6.07) is 5.33. The van der Waals surface area contributed by atoms with E-state index in [-0.39, 0.29) is 29.5 Å². The summed E-state index contributed by atoms with van der Waals surface area (Å²) in [6.45, 7) is 1.54. The maximum atomic E-state index is 15.2. The monoisotopic (exact) mass is 578 g/mol. The second-order valence-electron chi connectivity index (χ2n) is 7.60. The Bertz CT molecular complexity index is 1420. The Balaban J connectivity index is 1.50. The molecule has 2 aromatic heterocycles. The number of carbonyl (C=O) groups is 1. The van der Waals surface area contributed by atoms with Gasteiger partial charge in [0.15, 0.2) is 0 Å². The topological polar surface area (TPSA) is 102 Å². The third-order valence-electron chi connectivity index (χ3n) is 5.10. The second-order valence-corrected chi connectivity index (χ2v) is 12.0. The molecule has 0 saturated heterocycles. The predicted octanol–water partition coefficient (Wildman–Crippen LogP) is 5.16. The zero-order valence-electron chi connectivity index (χ0n) is 18.1. The molecule has 0 bridgehead atoms. The van der Waals surface area contributed by atoms with Gasteiger partial charge in [-0.1, -0.05) is 40.9 Å². The van der Waals surface area contributed by atoms with Crippen molar-refractivity contribution in [1.29, 1.82) is 0 Å². The van der Waals surface area contributed by atoms with Crippen molar-refractivity contribution in [3.05, 3.63) is 73.1 Å². The summed E-state index contributed by atoms with van der Waals surface area (Å²) in [5.74, 6) is -0.697. The predicted molar refractivity (Wildman–Crippen MR) is 133 cm³/mol. The second kappa shape index (κ2) is 10.5. The highest BCUT2D eigenvalue weighted by Crippen LogP contribution is 2.31. The SMILES string of the molecule is Cc1cc(S(=O)(=O)NC(=O)NCC(F)=C2COCc3cnn(Cc4ccc(Cl)cc4Cl)c32)sc1Cl. The Morgan fingerprint density at radius 1 is 1.26 bits per heavy atom.